The largest absolute Gasteiger partial charge is 0.340 e. The summed E-state index contributed by atoms with van der Waals surface area (Å²) in [6.45, 7) is 1.99. The van der Waals surface area contributed by atoms with Crippen molar-refractivity contribution in [2.75, 3.05) is 7.05 Å². The molecular formula is C11H13ClFNO. The molecule has 1 aromatic rings. The molecule has 0 saturated heterocycles. The summed E-state index contributed by atoms with van der Waals surface area (Å²) >= 11 is 5.66. The number of amides is 1. The van der Waals surface area contributed by atoms with Gasteiger partial charge in [0.05, 0.1) is 0 Å². The van der Waals surface area contributed by atoms with E-state index < -0.39 is 5.38 Å². The van der Waals surface area contributed by atoms with Crippen LogP contribution in [0.1, 0.15) is 12.5 Å². The first-order valence-electron chi connectivity index (χ1n) is 4.64. The molecule has 0 aromatic heterocycles. The molecule has 1 atom stereocenters. The standard InChI is InChI=1S/C11H13ClFNO/c1-8(12)11(15)14(2)7-9-4-3-5-10(13)6-9/h3-6,8H,7H2,1-2H3/t8-/m1/s1. The maximum absolute atomic E-state index is 12.8. The summed E-state index contributed by atoms with van der Waals surface area (Å²) in [4.78, 5) is 12.9. The number of benzene rings is 1. The van der Waals surface area contributed by atoms with Crippen LogP contribution in [0.5, 0.6) is 0 Å². The minimum absolute atomic E-state index is 0.166. The molecule has 0 spiro atoms. The monoisotopic (exact) mass is 229 g/mol. The van der Waals surface area contributed by atoms with Gasteiger partial charge in [-0.15, -0.1) is 11.6 Å². The first-order valence-corrected chi connectivity index (χ1v) is 5.08. The van der Waals surface area contributed by atoms with Crippen LogP contribution in [0.3, 0.4) is 0 Å². The van der Waals surface area contributed by atoms with Gasteiger partial charge in [-0.3, -0.25) is 4.79 Å². The van der Waals surface area contributed by atoms with Crippen molar-refractivity contribution in [1.29, 1.82) is 0 Å². The second kappa shape index (κ2) is 5.12. The van der Waals surface area contributed by atoms with E-state index in [0.717, 1.165) is 5.56 Å². The third-order valence-corrected chi connectivity index (χ3v) is 2.21. The van der Waals surface area contributed by atoms with E-state index in [9.17, 15) is 9.18 Å². The average molecular weight is 230 g/mol. The SMILES string of the molecule is C[C@@H](Cl)C(=O)N(C)Cc1cccc(F)c1. The van der Waals surface area contributed by atoms with Gasteiger partial charge in [-0.1, -0.05) is 12.1 Å². The first kappa shape index (κ1) is 12.0. The highest BCUT2D eigenvalue weighted by Gasteiger charge is 2.14. The van der Waals surface area contributed by atoms with Crippen molar-refractivity contribution in [2.24, 2.45) is 0 Å². The Kier molecular flexibility index (Phi) is 4.09. The van der Waals surface area contributed by atoms with Gasteiger partial charge in [0.15, 0.2) is 0 Å². The number of carbonyl (C=O) groups is 1. The van der Waals surface area contributed by atoms with Crippen molar-refractivity contribution in [1.82, 2.24) is 4.90 Å². The first-order chi connectivity index (χ1) is 7.00. The Morgan fingerprint density at radius 2 is 2.27 bits per heavy atom. The van der Waals surface area contributed by atoms with E-state index in [4.69, 9.17) is 11.6 Å². The smallest absolute Gasteiger partial charge is 0.240 e. The zero-order chi connectivity index (χ0) is 11.4. The fraction of sp³-hybridized carbons (Fsp3) is 0.364. The Hall–Kier alpha value is -1.09. The van der Waals surface area contributed by atoms with Crippen LogP contribution in [0.25, 0.3) is 0 Å². The van der Waals surface area contributed by atoms with Gasteiger partial charge in [-0.2, -0.15) is 0 Å². The molecule has 82 valence electrons. The highest BCUT2D eigenvalue weighted by molar-refractivity contribution is 6.30. The molecule has 2 nitrogen and oxygen atoms in total. The lowest BCUT2D eigenvalue weighted by Gasteiger charge is -2.18. The summed E-state index contributed by atoms with van der Waals surface area (Å²) in [5, 5.41) is -0.552. The molecule has 0 saturated carbocycles. The van der Waals surface area contributed by atoms with E-state index in [1.54, 1.807) is 26.1 Å². The molecule has 0 fully saturated rings. The predicted molar refractivity (Wildman–Crippen MR) is 58.2 cm³/mol. The Morgan fingerprint density at radius 3 is 2.80 bits per heavy atom. The lowest BCUT2D eigenvalue weighted by Crippen LogP contribution is -2.31. The minimum atomic E-state index is -0.552. The normalized spacial score (nSPS) is 12.3. The summed E-state index contributed by atoms with van der Waals surface area (Å²) in [5.41, 5.74) is 0.753. The van der Waals surface area contributed by atoms with Crippen LogP contribution in [0.2, 0.25) is 0 Å². The predicted octanol–water partition coefficient (Wildman–Crippen LogP) is 2.41. The van der Waals surface area contributed by atoms with Gasteiger partial charge in [0.25, 0.3) is 0 Å². The minimum Gasteiger partial charge on any atom is -0.340 e. The maximum atomic E-state index is 12.8. The van der Waals surface area contributed by atoms with Crippen LogP contribution < -0.4 is 0 Å². The summed E-state index contributed by atoms with van der Waals surface area (Å²) < 4.78 is 12.8. The fourth-order valence-corrected chi connectivity index (χ4v) is 1.46. The molecular weight excluding hydrogens is 217 g/mol. The zero-order valence-electron chi connectivity index (χ0n) is 8.71. The number of hydrogen-bond donors (Lipinski definition) is 0. The zero-order valence-corrected chi connectivity index (χ0v) is 9.46. The molecule has 0 heterocycles. The number of carbonyl (C=O) groups excluding carboxylic acids is 1. The van der Waals surface area contributed by atoms with Crippen molar-refractivity contribution in [3.8, 4) is 0 Å². The van der Waals surface area contributed by atoms with E-state index in [1.807, 2.05) is 0 Å². The van der Waals surface area contributed by atoms with E-state index in [0.29, 0.717) is 6.54 Å². The van der Waals surface area contributed by atoms with Gasteiger partial charge in [0, 0.05) is 13.6 Å². The quantitative estimate of drug-likeness (QED) is 0.729. The van der Waals surface area contributed by atoms with Crippen molar-refractivity contribution in [3.63, 3.8) is 0 Å². The van der Waals surface area contributed by atoms with Crippen LogP contribution >= 0.6 is 11.6 Å². The highest BCUT2D eigenvalue weighted by atomic mass is 35.5. The van der Waals surface area contributed by atoms with Gasteiger partial charge < -0.3 is 4.90 Å². The maximum Gasteiger partial charge on any atom is 0.240 e. The molecule has 0 aliphatic heterocycles. The summed E-state index contributed by atoms with van der Waals surface area (Å²) in [7, 11) is 1.64. The van der Waals surface area contributed by atoms with E-state index in [-0.39, 0.29) is 11.7 Å². The van der Waals surface area contributed by atoms with Crippen LogP contribution in [0, 0.1) is 5.82 Å². The summed E-state index contributed by atoms with van der Waals surface area (Å²) in [5.74, 6) is -0.465. The Labute approximate surface area is 93.6 Å². The number of hydrogen-bond acceptors (Lipinski definition) is 1. The van der Waals surface area contributed by atoms with Crippen LogP contribution in [-0.2, 0) is 11.3 Å². The lowest BCUT2D eigenvalue weighted by atomic mass is 10.2. The third kappa shape index (κ3) is 3.51. The fourth-order valence-electron chi connectivity index (χ4n) is 1.29. The van der Waals surface area contributed by atoms with Crippen molar-refractivity contribution >= 4 is 17.5 Å². The molecule has 0 radical (unpaired) electrons. The van der Waals surface area contributed by atoms with Crippen molar-refractivity contribution in [3.05, 3.63) is 35.6 Å². The van der Waals surface area contributed by atoms with Crippen LogP contribution in [0.4, 0.5) is 4.39 Å². The van der Waals surface area contributed by atoms with Gasteiger partial charge in [0.2, 0.25) is 5.91 Å². The Bertz CT molecular complexity index is 354. The molecule has 0 N–H and O–H groups in total. The molecule has 1 rings (SSSR count). The van der Waals surface area contributed by atoms with Crippen molar-refractivity contribution < 1.29 is 9.18 Å². The van der Waals surface area contributed by atoms with Crippen LogP contribution in [0.15, 0.2) is 24.3 Å². The molecule has 1 aromatic carbocycles. The number of nitrogens with zero attached hydrogens (tertiary/aromatic N) is 1. The number of halogens is 2. The molecule has 0 unspecified atom stereocenters. The number of rotatable bonds is 3. The molecule has 4 heteroatoms. The molecule has 1 amide bonds. The van der Waals surface area contributed by atoms with Gasteiger partial charge in [-0.05, 0) is 24.6 Å². The van der Waals surface area contributed by atoms with Gasteiger partial charge in [0.1, 0.15) is 11.2 Å². The number of alkyl halides is 1. The molecule has 0 aliphatic carbocycles. The summed E-state index contributed by atoms with van der Waals surface area (Å²) in [6, 6.07) is 6.16. The molecule has 0 aliphatic rings. The highest BCUT2D eigenvalue weighted by Crippen LogP contribution is 2.08. The van der Waals surface area contributed by atoms with Crippen molar-refractivity contribution in [2.45, 2.75) is 18.8 Å². The Balaban J connectivity index is 2.66. The molecule has 0 bridgehead atoms. The Morgan fingerprint density at radius 1 is 1.60 bits per heavy atom. The van der Waals surface area contributed by atoms with E-state index >= 15 is 0 Å². The average Bonchev–Trinajstić information content (AvgIpc) is 2.16. The topological polar surface area (TPSA) is 20.3 Å². The second-order valence-electron chi connectivity index (χ2n) is 3.44. The second-order valence-corrected chi connectivity index (χ2v) is 4.09. The van der Waals surface area contributed by atoms with E-state index in [2.05, 4.69) is 0 Å². The third-order valence-electron chi connectivity index (χ3n) is 2.03. The lowest BCUT2D eigenvalue weighted by molar-refractivity contribution is -0.129. The van der Waals surface area contributed by atoms with Gasteiger partial charge in [-0.25, -0.2) is 4.39 Å². The van der Waals surface area contributed by atoms with Crippen LogP contribution in [-0.4, -0.2) is 23.2 Å². The summed E-state index contributed by atoms with van der Waals surface area (Å²) in [6.07, 6.45) is 0. The molecule has 15 heavy (non-hydrogen) atoms. The van der Waals surface area contributed by atoms with E-state index in [1.165, 1.54) is 17.0 Å². The van der Waals surface area contributed by atoms with Gasteiger partial charge >= 0.3 is 0 Å².